The lowest BCUT2D eigenvalue weighted by Crippen LogP contribution is -2.84. The first-order valence-corrected chi connectivity index (χ1v) is 6.90. The summed E-state index contributed by atoms with van der Waals surface area (Å²) in [4.78, 5) is 0. The number of furan rings is 1. The van der Waals surface area contributed by atoms with Crippen LogP contribution in [0.2, 0.25) is 5.02 Å². The summed E-state index contributed by atoms with van der Waals surface area (Å²) in [6.07, 6.45) is -0.315. The van der Waals surface area contributed by atoms with Crippen LogP contribution < -0.4 is 10.1 Å². The Labute approximate surface area is 123 Å². The summed E-state index contributed by atoms with van der Waals surface area (Å²) in [5, 5.41) is 11.8. The molecule has 1 aromatic heterocycles. The minimum Gasteiger partial charge on any atom is -0.495 e. The molecule has 2 rings (SSSR count). The number of aliphatic hydroxyl groups excluding tert-OH is 1. The van der Waals surface area contributed by atoms with Crippen molar-refractivity contribution in [3.8, 4) is 17.1 Å². The fourth-order valence-corrected chi connectivity index (χ4v) is 2.19. The summed E-state index contributed by atoms with van der Waals surface area (Å²) < 4.78 is 10.9. The number of hydrogen-bond acceptors (Lipinski definition) is 3. The highest BCUT2D eigenvalue weighted by Gasteiger charge is 2.09. The summed E-state index contributed by atoms with van der Waals surface area (Å²) in [6, 6.07) is 9.41. The van der Waals surface area contributed by atoms with Crippen molar-refractivity contribution < 1.29 is 19.6 Å². The van der Waals surface area contributed by atoms with E-state index in [9.17, 15) is 5.11 Å². The number of quaternary nitrogens is 1. The molecule has 0 aliphatic rings. The first-order valence-electron chi connectivity index (χ1n) is 6.52. The van der Waals surface area contributed by atoms with Crippen molar-refractivity contribution in [2.24, 2.45) is 0 Å². The average molecular weight is 297 g/mol. The molecule has 1 aromatic carbocycles. The molecule has 0 radical (unpaired) electrons. The molecule has 3 N–H and O–H groups in total. The van der Waals surface area contributed by atoms with Crippen LogP contribution in [0.15, 0.2) is 34.7 Å². The van der Waals surface area contributed by atoms with E-state index < -0.39 is 0 Å². The predicted octanol–water partition coefficient (Wildman–Crippen LogP) is 2.05. The summed E-state index contributed by atoms with van der Waals surface area (Å²) in [7, 11) is 1.59. The van der Waals surface area contributed by atoms with Crippen LogP contribution in [0.3, 0.4) is 0 Å². The smallest absolute Gasteiger partial charge is 0.158 e. The highest BCUT2D eigenvalue weighted by Crippen LogP contribution is 2.30. The van der Waals surface area contributed by atoms with Gasteiger partial charge >= 0.3 is 0 Å². The Morgan fingerprint density at radius 3 is 2.80 bits per heavy atom. The van der Waals surface area contributed by atoms with Gasteiger partial charge in [0, 0.05) is 5.56 Å². The normalized spacial score (nSPS) is 12.4. The molecule has 0 amide bonds. The van der Waals surface area contributed by atoms with Crippen molar-refractivity contribution in [3.63, 3.8) is 0 Å². The van der Waals surface area contributed by atoms with E-state index in [1.807, 2.05) is 35.6 Å². The van der Waals surface area contributed by atoms with Crippen LogP contribution in [0.1, 0.15) is 12.7 Å². The number of benzene rings is 1. The second-order valence-corrected chi connectivity index (χ2v) is 5.10. The first kappa shape index (κ1) is 14.9. The minimum absolute atomic E-state index is 0.315. The van der Waals surface area contributed by atoms with Crippen molar-refractivity contribution in [3.05, 3.63) is 41.1 Å². The maximum Gasteiger partial charge on any atom is 0.158 e. The van der Waals surface area contributed by atoms with E-state index in [1.54, 1.807) is 14.0 Å². The average Bonchev–Trinajstić information content (AvgIpc) is 2.87. The SMILES string of the molecule is COc1ccc(-c2ccc(C[NH2+]C[C@@H](C)O)o2)cc1Cl. The van der Waals surface area contributed by atoms with Crippen molar-refractivity contribution in [1.29, 1.82) is 0 Å². The van der Waals surface area contributed by atoms with Gasteiger partial charge in [0.25, 0.3) is 0 Å². The monoisotopic (exact) mass is 296 g/mol. The van der Waals surface area contributed by atoms with Crippen molar-refractivity contribution in [2.75, 3.05) is 13.7 Å². The van der Waals surface area contributed by atoms with E-state index in [1.165, 1.54) is 0 Å². The number of hydrogen-bond donors (Lipinski definition) is 2. The fourth-order valence-electron chi connectivity index (χ4n) is 1.93. The molecule has 1 atom stereocenters. The zero-order valence-corrected chi connectivity index (χ0v) is 12.4. The highest BCUT2D eigenvalue weighted by molar-refractivity contribution is 6.32. The molecule has 108 valence electrons. The van der Waals surface area contributed by atoms with Gasteiger partial charge in [0.15, 0.2) is 5.76 Å². The molecule has 0 spiro atoms. The molecular formula is C15H19ClNO3+. The standard InChI is InChI=1S/C15H18ClNO3/c1-10(18)8-17-9-12-4-6-14(20-12)11-3-5-15(19-2)13(16)7-11/h3-7,10,17-18H,8-9H2,1-2H3/p+1/t10-/m1/s1. The lowest BCUT2D eigenvalue weighted by molar-refractivity contribution is -0.677. The highest BCUT2D eigenvalue weighted by atomic mass is 35.5. The van der Waals surface area contributed by atoms with Crippen LogP contribution in [0.25, 0.3) is 11.3 Å². The lowest BCUT2D eigenvalue weighted by atomic mass is 10.2. The summed E-state index contributed by atoms with van der Waals surface area (Å²) >= 11 is 6.10. The van der Waals surface area contributed by atoms with Gasteiger partial charge in [-0.05, 0) is 37.3 Å². The molecule has 4 nitrogen and oxygen atoms in total. The van der Waals surface area contributed by atoms with E-state index >= 15 is 0 Å². The molecule has 0 aliphatic carbocycles. The number of rotatable bonds is 6. The zero-order chi connectivity index (χ0) is 14.5. The molecule has 0 aliphatic heterocycles. The Hall–Kier alpha value is -1.49. The molecule has 0 saturated carbocycles. The van der Waals surface area contributed by atoms with Crippen LogP contribution in [-0.4, -0.2) is 24.9 Å². The Balaban J connectivity index is 2.06. The second kappa shape index (κ2) is 6.79. The zero-order valence-electron chi connectivity index (χ0n) is 11.6. The maximum atomic E-state index is 9.21. The van der Waals surface area contributed by atoms with E-state index in [-0.39, 0.29) is 6.10 Å². The lowest BCUT2D eigenvalue weighted by Gasteiger charge is -2.04. The Morgan fingerprint density at radius 1 is 1.35 bits per heavy atom. The van der Waals surface area contributed by atoms with Gasteiger partial charge in [-0.3, -0.25) is 0 Å². The van der Waals surface area contributed by atoms with Crippen LogP contribution in [0.5, 0.6) is 5.75 Å². The molecule has 1 heterocycles. The molecule has 5 heteroatoms. The van der Waals surface area contributed by atoms with Crippen LogP contribution in [0, 0.1) is 0 Å². The van der Waals surface area contributed by atoms with Gasteiger partial charge in [0.2, 0.25) is 0 Å². The van der Waals surface area contributed by atoms with E-state index in [4.69, 9.17) is 20.8 Å². The molecule has 0 bridgehead atoms. The number of nitrogens with two attached hydrogens (primary N) is 1. The van der Waals surface area contributed by atoms with Crippen LogP contribution >= 0.6 is 11.6 Å². The largest absolute Gasteiger partial charge is 0.495 e. The Bertz CT molecular complexity index is 566. The topological polar surface area (TPSA) is 59.2 Å². The van der Waals surface area contributed by atoms with Gasteiger partial charge < -0.3 is 19.6 Å². The first-order chi connectivity index (χ1) is 9.60. The Kier molecular flexibility index (Phi) is 5.06. The van der Waals surface area contributed by atoms with Crippen LogP contribution in [0.4, 0.5) is 0 Å². The fraction of sp³-hybridized carbons (Fsp3) is 0.333. The van der Waals surface area contributed by atoms with E-state index in [2.05, 4.69) is 0 Å². The van der Waals surface area contributed by atoms with E-state index in [0.717, 1.165) is 17.1 Å². The molecule has 0 saturated heterocycles. The maximum absolute atomic E-state index is 9.21. The number of halogens is 1. The minimum atomic E-state index is -0.315. The van der Waals surface area contributed by atoms with Gasteiger partial charge in [-0.1, -0.05) is 11.6 Å². The Morgan fingerprint density at radius 2 is 2.15 bits per heavy atom. The third-order valence-electron chi connectivity index (χ3n) is 2.95. The van der Waals surface area contributed by atoms with Crippen molar-refractivity contribution in [1.82, 2.24) is 0 Å². The summed E-state index contributed by atoms with van der Waals surface area (Å²) in [5.41, 5.74) is 0.914. The van der Waals surface area contributed by atoms with Crippen molar-refractivity contribution in [2.45, 2.75) is 19.6 Å². The predicted molar refractivity (Wildman–Crippen MR) is 77.9 cm³/mol. The van der Waals surface area contributed by atoms with Gasteiger partial charge in [-0.2, -0.15) is 0 Å². The third kappa shape index (κ3) is 3.76. The number of aliphatic hydroxyl groups is 1. The summed E-state index contributed by atoms with van der Waals surface area (Å²) in [5.74, 6) is 2.29. The second-order valence-electron chi connectivity index (χ2n) is 4.69. The summed E-state index contributed by atoms with van der Waals surface area (Å²) in [6.45, 7) is 3.13. The molecule has 2 aromatic rings. The van der Waals surface area contributed by atoms with Gasteiger partial charge in [0.1, 0.15) is 24.6 Å². The molecule has 0 fully saturated rings. The molecule has 20 heavy (non-hydrogen) atoms. The van der Waals surface area contributed by atoms with Gasteiger partial charge in [-0.15, -0.1) is 0 Å². The van der Waals surface area contributed by atoms with Crippen LogP contribution in [-0.2, 0) is 6.54 Å². The van der Waals surface area contributed by atoms with Gasteiger partial charge in [-0.25, -0.2) is 0 Å². The number of ether oxygens (including phenoxy) is 1. The van der Waals surface area contributed by atoms with Crippen molar-refractivity contribution >= 4 is 11.6 Å². The van der Waals surface area contributed by atoms with Gasteiger partial charge in [0.05, 0.1) is 18.2 Å². The molecular weight excluding hydrogens is 278 g/mol. The third-order valence-corrected chi connectivity index (χ3v) is 3.25. The van der Waals surface area contributed by atoms with E-state index in [0.29, 0.717) is 23.9 Å². The molecule has 0 unspecified atom stereocenters. The number of methoxy groups -OCH3 is 1. The quantitative estimate of drug-likeness (QED) is 0.858.